The number of rotatable bonds is 6. The number of benzene rings is 1. The van der Waals surface area contributed by atoms with Crippen LogP contribution in [0, 0.1) is 12.8 Å². The van der Waals surface area contributed by atoms with Crippen molar-refractivity contribution in [1.29, 1.82) is 0 Å². The number of aliphatic hydroxyl groups is 1. The lowest BCUT2D eigenvalue weighted by Gasteiger charge is -2.33. The highest BCUT2D eigenvalue weighted by molar-refractivity contribution is 5.79. The first-order chi connectivity index (χ1) is 13.6. The van der Waals surface area contributed by atoms with E-state index in [-0.39, 0.29) is 6.10 Å². The van der Waals surface area contributed by atoms with Crippen molar-refractivity contribution in [3.8, 4) is 0 Å². The number of nitrogens with zero attached hydrogens (tertiary/aromatic N) is 1. The van der Waals surface area contributed by atoms with E-state index in [1.807, 2.05) is 0 Å². The summed E-state index contributed by atoms with van der Waals surface area (Å²) in [6.07, 6.45) is 7.54. The third-order valence-electron chi connectivity index (χ3n) is 6.04. The normalized spacial score (nSPS) is 25.3. The minimum Gasteiger partial charge on any atom is -0.388 e. The van der Waals surface area contributed by atoms with Crippen molar-refractivity contribution >= 4 is 5.96 Å². The maximum Gasteiger partial charge on any atom is 0.191 e. The highest BCUT2D eigenvalue weighted by atomic mass is 16.5. The van der Waals surface area contributed by atoms with Crippen molar-refractivity contribution in [3.05, 3.63) is 35.4 Å². The second-order valence-electron chi connectivity index (χ2n) is 8.47. The van der Waals surface area contributed by atoms with Gasteiger partial charge < -0.3 is 20.5 Å². The van der Waals surface area contributed by atoms with E-state index in [4.69, 9.17) is 9.73 Å². The molecule has 1 aromatic rings. The Kier molecular flexibility index (Phi) is 7.74. The maximum atomic E-state index is 10.7. The Morgan fingerprint density at radius 2 is 1.89 bits per heavy atom. The van der Waals surface area contributed by atoms with Crippen molar-refractivity contribution in [2.75, 3.05) is 26.2 Å². The third-order valence-corrected chi connectivity index (χ3v) is 6.04. The Bertz CT molecular complexity index is 623. The van der Waals surface area contributed by atoms with Crippen molar-refractivity contribution in [3.63, 3.8) is 0 Å². The van der Waals surface area contributed by atoms with E-state index in [0.717, 1.165) is 64.2 Å². The second kappa shape index (κ2) is 10.3. The van der Waals surface area contributed by atoms with Crippen LogP contribution in [-0.2, 0) is 4.74 Å². The minimum absolute atomic E-state index is 0.132. The van der Waals surface area contributed by atoms with Gasteiger partial charge in [-0.25, -0.2) is 0 Å². The molecule has 2 atom stereocenters. The van der Waals surface area contributed by atoms with Gasteiger partial charge in [-0.2, -0.15) is 0 Å². The van der Waals surface area contributed by atoms with E-state index in [9.17, 15) is 5.11 Å². The third kappa shape index (κ3) is 5.95. The molecule has 1 aliphatic carbocycles. The molecule has 0 aromatic heterocycles. The van der Waals surface area contributed by atoms with Gasteiger partial charge in [-0.15, -0.1) is 0 Å². The molecule has 1 saturated heterocycles. The van der Waals surface area contributed by atoms with Crippen molar-refractivity contribution in [2.45, 2.75) is 70.5 Å². The van der Waals surface area contributed by atoms with E-state index >= 15 is 0 Å². The van der Waals surface area contributed by atoms with E-state index < -0.39 is 5.60 Å². The predicted octanol–water partition coefficient (Wildman–Crippen LogP) is 3.71. The molecule has 2 aliphatic rings. The molecule has 0 radical (unpaired) electrons. The Balaban J connectivity index is 1.60. The fraction of sp³-hybridized carbons (Fsp3) is 0.696. The van der Waals surface area contributed by atoms with Crippen molar-refractivity contribution < 1.29 is 9.84 Å². The standard InChI is InChI=1S/C23H37N3O2/c1-3-24-22(26-17-23(27)13-5-4-6-14-23)25-16-20-8-7-15-28-21(20)19-11-9-18(2)10-12-19/h9-12,20-21,27H,3-8,13-17H2,1-2H3,(H2,24,25,26). The Morgan fingerprint density at radius 1 is 1.14 bits per heavy atom. The molecule has 0 bridgehead atoms. The molecule has 3 rings (SSSR count). The lowest BCUT2D eigenvalue weighted by Crippen LogP contribution is -2.43. The van der Waals surface area contributed by atoms with Gasteiger partial charge in [0.2, 0.25) is 0 Å². The molecule has 1 heterocycles. The van der Waals surface area contributed by atoms with Gasteiger partial charge >= 0.3 is 0 Å². The fourth-order valence-electron chi connectivity index (χ4n) is 4.34. The summed E-state index contributed by atoms with van der Waals surface area (Å²) in [5.74, 6) is 1.22. The molecule has 2 fully saturated rings. The van der Waals surface area contributed by atoms with Crippen LogP contribution in [0.1, 0.15) is 69.1 Å². The number of hydrogen-bond acceptors (Lipinski definition) is 3. The van der Waals surface area contributed by atoms with Gasteiger partial charge in [-0.1, -0.05) is 49.1 Å². The molecule has 0 spiro atoms. The number of aryl methyl sites for hydroxylation is 1. The van der Waals surface area contributed by atoms with Crippen molar-refractivity contribution in [1.82, 2.24) is 10.6 Å². The molecule has 2 unspecified atom stereocenters. The molecule has 1 saturated carbocycles. The van der Waals surface area contributed by atoms with E-state index in [1.165, 1.54) is 17.5 Å². The Labute approximate surface area is 170 Å². The molecule has 5 heteroatoms. The van der Waals surface area contributed by atoms with E-state index in [0.29, 0.717) is 12.5 Å². The molecule has 0 amide bonds. The first-order valence-electron chi connectivity index (χ1n) is 11.0. The number of ether oxygens (including phenoxy) is 1. The van der Waals surface area contributed by atoms with E-state index in [2.05, 4.69) is 48.7 Å². The zero-order valence-corrected chi connectivity index (χ0v) is 17.5. The van der Waals surface area contributed by atoms with E-state index in [1.54, 1.807) is 0 Å². The summed E-state index contributed by atoms with van der Waals surface area (Å²) in [6.45, 7) is 7.13. The summed E-state index contributed by atoms with van der Waals surface area (Å²) >= 11 is 0. The van der Waals surface area contributed by atoms with Crippen LogP contribution < -0.4 is 10.6 Å². The van der Waals surface area contributed by atoms with Gasteiger partial charge in [0.25, 0.3) is 0 Å². The van der Waals surface area contributed by atoms with Crippen LogP contribution in [0.15, 0.2) is 29.3 Å². The first kappa shape index (κ1) is 21.1. The van der Waals surface area contributed by atoms with Crippen LogP contribution in [-0.4, -0.2) is 42.9 Å². The minimum atomic E-state index is -0.626. The highest BCUT2D eigenvalue weighted by Gasteiger charge is 2.30. The monoisotopic (exact) mass is 387 g/mol. The lowest BCUT2D eigenvalue weighted by atomic mass is 9.85. The summed E-state index contributed by atoms with van der Waals surface area (Å²) in [5.41, 5.74) is 1.91. The fourth-order valence-corrected chi connectivity index (χ4v) is 4.34. The molecule has 3 N–H and O–H groups in total. The predicted molar refractivity (Wildman–Crippen MR) is 115 cm³/mol. The number of nitrogens with one attached hydrogen (secondary N) is 2. The van der Waals surface area contributed by atoms with Crippen LogP contribution in [0.25, 0.3) is 0 Å². The number of guanidine groups is 1. The smallest absolute Gasteiger partial charge is 0.191 e. The van der Waals surface area contributed by atoms with Crippen LogP contribution in [0.3, 0.4) is 0 Å². The Hall–Kier alpha value is -1.59. The largest absolute Gasteiger partial charge is 0.388 e. The number of aliphatic imine (C=N–C) groups is 1. The molecule has 28 heavy (non-hydrogen) atoms. The van der Waals surface area contributed by atoms with Gasteiger partial charge in [0.15, 0.2) is 5.96 Å². The highest BCUT2D eigenvalue weighted by Crippen LogP contribution is 2.33. The average molecular weight is 388 g/mol. The summed E-state index contributed by atoms with van der Waals surface area (Å²) in [6, 6.07) is 8.70. The van der Waals surface area contributed by atoms with Crippen LogP contribution in [0.2, 0.25) is 0 Å². The quantitative estimate of drug-likeness (QED) is 0.514. The number of hydrogen-bond donors (Lipinski definition) is 3. The van der Waals surface area contributed by atoms with Crippen LogP contribution in [0.5, 0.6) is 0 Å². The average Bonchev–Trinajstić information content (AvgIpc) is 2.72. The van der Waals surface area contributed by atoms with Gasteiger partial charge in [0.05, 0.1) is 18.2 Å². The maximum absolute atomic E-state index is 10.7. The molecule has 5 nitrogen and oxygen atoms in total. The molecule has 156 valence electrons. The summed E-state index contributed by atoms with van der Waals surface area (Å²) < 4.78 is 6.14. The molecular weight excluding hydrogens is 350 g/mol. The summed E-state index contributed by atoms with van der Waals surface area (Å²) in [7, 11) is 0. The van der Waals surface area contributed by atoms with Gasteiger partial charge in [-0.3, -0.25) is 4.99 Å². The van der Waals surface area contributed by atoms with Gasteiger partial charge in [0, 0.05) is 25.6 Å². The van der Waals surface area contributed by atoms with Crippen LogP contribution >= 0.6 is 0 Å². The second-order valence-corrected chi connectivity index (χ2v) is 8.47. The summed E-state index contributed by atoms with van der Waals surface area (Å²) in [5, 5.41) is 17.6. The topological polar surface area (TPSA) is 65.9 Å². The Morgan fingerprint density at radius 3 is 2.61 bits per heavy atom. The zero-order valence-electron chi connectivity index (χ0n) is 17.5. The molecule has 1 aliphatic heterocycles. The van der Waals surface area contributed by atoms with Crippen molar-refractivity contribution in [2.24, 2.45) is 10.9 Å². The molecule has 1 aromatic carbocycles. The lowest BCUT2D eigenvalue weighted by molar-refractivity contribution is -0.0265. The van der Waals surface area contributed by atoms with Crippen LogP contribution in [0.4, 0.5) is 0 Å². The summed E-state index contributed by atoms with van der Waals surface area (Å²) in [4.78, 5) is 4.71. The molecular formula is C23H37N3O2. The zero-order chi connectivity index (χ0) is 19.8. The van der Waals surface area contributed by atoms with Gasteiger partial charge in [0.1, 0.15) is 0 Å². The van der Waals surface area contributed by atoms with Gasteiger partial charge in [-0.05, 0) is 45.1 Å². The first-order valence-corrected chi connectivity index (χ1v) is 11.0. The SMILES string of the molecule is CCNC(=NCC1(O)CCCCC1)NCC1CCCOC1c1ccc(C)cc1.